The summed E-state index contributed by atoms with van der Waals surface area (Å²) in [7, 11) is 0. The van der Waals surface area contributed by atoms with Crippen molar-refractivity contribution in [1.29, 1.82) is 0 Å². The zero-order chi connectivity index (χ0) is 61.5. The van der Waals surface area contributed by atoms with E-state index in [4.69, 9.17) is 37.9 Å². The van der Waals surface area contributed by atoms with Gasteiger partial charge >= 0.3 is 47.2 Å². The third-order valence-corrected chi connectivity index (χ3v) is 15.6. The molecular weight excluding hydrogens is 1180 g/mol. The standard InChI is InChI=1S/C62H52N6O18S2/c69-49-51(65-67(61(77)63-49)53-47(85-59(75)41-29-15-5-16-30-41)45(83-57(73)39-25-11-3-12-26-39)43(81-53)35-79-55(71)37-21-7-1-8-22-37)87-33-19-20-34-88-52-50(70)64-62(78)68(66-52)54-48(86-60(76)42-31-17-6-18-32-42)46(84-58(74)40-27-13-4-14-28-40)44(82-54)36-80-56(72)38-23-9-2-10-24-38/h1-18,21-32,43-48,53-54H,19-20,33-36H2,(H,63,69,77)(H,64,70,78)/t43-,44-,45-,46-,47-,48-,53-,54-/m1/s1. The molecule has 4 heterocycles. The maximum absolute atomic E-state index is 13.8. The van der Waals surface area contributed by atoms with Gasteiger partial charge in [0, 0.05) is 0 Å². The number of nitrogens with zero attached hydrogens (tertiary/aromatic N) is 4. The predicted molar refractivity (Wildman–Crippen MR) is 313 cm³/mol. The highest BCUT2D eigenvalue weighted by atomic mass is 32.2. The van der Waals surface area contributed by atoms with Gasteiger partial charge in [-0.2, -0.15) is 19.6 Å². The molecule has 0 unspecified atom stereocenters. The molecule has 0 radical (unpaired) electrons. The topological polar surface area (TPSA) is 312 Å². The van der Waals surface area contributed by atoms with Crippen molar-refractivity contribution in [2.45, 2.75) is 72.0 Å². The molecule has 2 aliphatic heterocycles. The number of aromatic nitrogens is 6. The summed E-state index contributed by atoms with van der Waals surface area (Å²) in [5, 5.41) is 8.27. The number of thioether (sulfide) groups is 2. The van der Waals surface area contributed by atoms with E-state index in [0.717, 1.165) is 32.9 Å². The van der Waals surface area contributed by atoms with Gasteiger partial charge in [-0.15, -0.1) is 0 Å². The second-order valence-electron chi connectivity index (χ2n) is 19.4. The third-order valence-electron chi connectivity index (χ3n) is 13.5. The predicted octanol–water partition coefficient (Wildman–Crippen LogP) is 6.25. The Morgan fingerprint density at radius 3 is 0.932 bits per heavy atom. The molecule has 2 aliphatic rings. The van der Waals surface area contributed by atoms with Gasteiger partial charge in [0.1, 0.15) is 25.4 Å². The highest BCUT2D eigenvalue weighted by molar-refractivity contribution is 7.99. The van der Waals surface area contributed by atoms with Gasteiger partial charge in [-0.3, -0.25) is 19.6 Å². The maximum atomic E-state index is 13.8. The molecule has 26 heteroatoms. The van der Waals surface area contributed by atoms with Crippen molar-refractivity contribution in [2.24, 2.45) is 0 Å². The molecule has 8 aromatic rings. The minimum Gasteiger partial charge on any atom is -0.459 e. The van der Waals surface area contributed by atoms with Gasteiger partial charge in [0.05, 0.1) is 33.4 Å². The molecule has 0 aliphatic carbocycles. The van der Waals surface area contributed by atoms with Crippen LogP contribution in [-0.2, 0) is 37.9 Å². The van der Waals surface area contributed by atoms with Crippen LogP contribution in [0.15, 0.2) is 211 Å². The van der Waals surface area contributed by atoms with E-state index < -0.39 is 121 Å². The average Bonchev–Trinajstić information content (AvgIpc) is 3.71. The lowest BCUT2D eigenvalue weighted by Gasteiger charge is -2.24. The Balaban J connectivity index is 0.857. The number of carbonyl (C=O) groups is 6. The molecule has 10 rings (SSSR count). The fourth-order valence-corrected chi connectivity index (χ4v) is 10.9. The summed E-state index contributed by atoms with van der Waals surface area (Å²) in [6.45, 7) is -1.12. The highest BCUT2D eigenvalue weighted by Gasteiger charge is 2.54. The molecule has 2 N–H and O–H groups in total. The minimum absolute atomic E-state index is 0.0935. The normalized spacial score (nSPS) is 19.4. The van der Waals surface area contributed by atoms with Crippen molar-refractivity contribution in [1.82, 2.24) is 29.5 Å². The fraction of sp³-hybridized carbons (Fsp3) is 0.226. The van der Waals surface area contributed by atoms with E-state index in [0.29, 0.717) is 12.8 Å². The molecular formula is C62H52N6O18S2. The SMILES string of the molecule is O=C(OC[C@H]1O[C@@H](n2nc(SCCCCSc3nn([C@@H]4O[C@H](COC(=O)c5ccccc5)[C@@H](OC(=O)c5ccccc5)[C@H]4OC(=O)c4ccccc4)c(=O)[nH]c3=O)c(=O)[nH]c2=O)[C@H](OC(=O)c2ccccc2)[C@@H]1OC(=O)c1ccccc1)c1ccccc1. The summed E-state index contributed by atoms with van der Waals surface area (Å²) in [6.07, 6.45) is -11.7. The molecule has 2 fully saturated rings. The Morgan fingerprint density at radius 1 is 0.386 bits per heavy atom. The van der Waals surface area contributed by atoms with E-state index in [1.165, 1.54) is 72.8 Å². The fourth-order valence-electron chi connectivity index (χ4n) is 9.18. The largest absolute Gasteiger partial charge is 0.459 e. The van der Waals surface area contributed by atoms with Crippen LogP contribution in [0.3, 0.4) is 0 Å². The van der Waals surface area contributed by atoms with Crippen molar-refractivity contribution in [2.75, 3.05) is 24.7 Å². The molecule has 2 saturated heterocycles. The van der Waals surface area contributed by atoms with Crippen molar-refractivity contribution in [3.8, 4) is 0 Å². The minimum atomic E-state index is -1.67. The van der Waals surface area contributed by atoms with Gasteiger partial charge in [0.25, 0.3) is 11.1 Å². The zero-order valence-corrected chi connectivity index (χ0v) is 47.8. The van der Waals surface area contributed by atoms with Gasteiger partial charge in [0.2, 0.25) is 0 Å². The number of ether oxygens (including phenoxy) is 8. The molecule has 0 spiro atoms. The molecule has 2 aromatic heterocycles. The Bertz CT molecular complexity index is 3750. The number of benzene rings is 6. The molecule has 0 bridgehead atoms. The lowest BCUT2D eigenvalue weighted by atomic mass is 10.1. The summed E-state index contributed by atoms with van der Waals surface area (Å²) >= 11 is 1.89. The van der Waals surface area contributed by atoms with E-state index in [2.05, 4.69) is 20.2 Å². The van der Waals surface area contributed by atoms with Crippen LogP contribution in [0.5, 0.6) is 0 Å². The quantitative estimate of drug-likeness (QED) is 0.0309. The summed E-state index contributed by atoms with van der Waals surface area (Å²) in [5.74, 6) is -4.63. The van der Waals surface area contributed by atoms with Gasteiger partial charge in [-0.25, -0.2) is 38.4 Å². The summed E-state index contributed by atoms with van der Waals surface area (Å²) in [6, 6.07) is 47.4. The van der Waals surface area contributed by atoms with Gasteiger partial charge in [0.15, 0.2) is 46.9 Å². The molecule has 450 valence electrons. The summed E-state index contributed by atoms with van der Waals surface area (Å²) < 4.78 is 49.2. The van der Waals surface area contributed by atoms with E-state index in [-0.39, 0.29) is 54.9 Å². The molecule has 6 aromatic carbocycles. The second-order valence-corrected chi connectivity index (χ2v) is 21.6. The number of aromatic amines is 2. The van der Waals surface area contributed by atoms with E-state index in [1.54, 1.807) is 109 Å². The number of esters is 6. The Morgan fingerprint density at radius 2 is 0.648 bits per heavy atom. The number of hydrogen-bond acceptors (Lipinski definition) is 22. The van der Waals surface area contributed by atoms with Gasteiger partial charge in [-0.1, -0.05) is 133 Å². The molecule has 0 saturated carbocycles. The Kier molecular flexibility index (Phi) is 20.1. The molecule has 24 nitrogen and oxygen atoms in total. The Labute approximate surface area is 507 Å². The number of H-pyrrole nitrogens is 2. The van der Waals surface area contributed by atoms with Crippen LogP contribution in [0.1, 0.15) is 87.4 Å². The first-order chi connectivity index (χ1) is 42.8. The lowest BCUT2D eigenvalue weighted by Crippen LogP contribution is -2.44. The van der Waals surface area contributed by atoms with Crippen LogP contribution in [-0.4, -0.2) is 127 Å². The molecule has 0 amide bonds. The third kappa shape index (κ3) is 15.0. The van der Waals surface area contributed by atoms with Crippen molar-refractivity contribution in [3.63, 3.8) is 0 Å². The van der Waals surface area contributed by atoms with Crippen molar-refractivity contribution in [3.05, 3.63) is 257 Å². The number of rotatable bonds is 23. The number of carbonyl (C=O) groups excluding carboxylic acids is 6. The van der Waals surface area contributed by atoms with Gasteiger partial charge in [-0.05, 0) is 97.1 Å². The van der Waals surface area contributed by atoms with Crippen LogP contribution >= 0.6 is 23.5 Å². The van der Waals surface area contributed by atoms with Gasteiger partial charge < -0.3 is 37.9 Å². The Hall–Kier alpha value is -10.0. The highest BCUT2D eigenvalue weighted by Crippen LogP contribution is 2.37. The van der Waals surface area contributed by atoms with Crippen LogP contribution in [0.2, 0.25) is 0 Å². The van der Waals surface area contributed by atoms with Crippen LogP contribution in [0.25, 0.3) is 0 Å². The van der Waals surface area contributed by atoms with E-state index in [1.807, 2.05) is 0 Å². The maximum Gasteiger partial charge on any atom is 0.347 e. The molecule has 88 heavy (non-hydrogen) atoms. The van der Waals surface area contributed by atoms with Crippen LogP contribution in [0, 0.1) is 0 Å². The average molecular weight is 1230 g/mol. The van der Waals surface area contributed by atoms with Crippen molar-refractivity contribution < 1.29 is 66.7 Å². The lowest BCUT2D eigenvalue weighted by molar-refractivity contribution is -0.0708. The van der Waals surface area contributed by atoms with E-state index in [9.17, 15) is 47.9 Å². The van der Waals surface area contributed by atoms with Crippen LogP contribution < -0.4 is 22.5 Å². The first kappa shape index (κ1) is 61.1. The number of hydrogen-bond donors (Lipinski definition) is 2. The van der Waals surface area contributed by atoms with Crippen LogP contribution in [0.4, 0.5) is 0 Å². The zero-order valence-electron chi connectivity index (χ0n) is 46.1. The monoisotopic (exact) mass is 1230 g/mol. The van der Waals surface area contributed by atoms with Crippen molar-refractivity contribution >= 4 is 59.3 Å². The number of nitrogens with one attached hydrogen (secondary N) is 2. The summed E-state index contributed by atoms with van der Waals surface area (Å²) in [5.41, 5.74) is -3.09. The van der Waals surface area contributed by atoms with E-state index >= 15 is 0 Å². The summed E-state index contributed by atoms with van der Waals surface area (Å²) in [4.78, 5) is 140. The first-order valence-electron chi connectivity index (χ1n) is 27.3. The number of unbranched alkanes of at least 4 members (excludes halogenated alkanes) is 1. The second kappa shape index (κ2) is 28.9. The smallest absolute Gasteiger partial charge is 0.347 e. The molecule has 8 atom stereocenters. The first-order valence-corrected chi connectivity index (χ1v) is 29.3.